The SMILES string of the molecule is CC(C1CNCCO1)N1C(=O)c2cccc3cccc(c23)C1=O. The number of morpholine rings is 1. The van der Waals surface area contributed by atoms with Crippen LogP contribution in [-0.2, 0) is 4.74 Å². The first-order chi connectivity index (χ1) is 11.2. The molecule has 1 fully saturated rings. The predicted molar refractivity (Wildman–Crippen MR) is 86.5 cm³/mol. The first kappa shape index (κ1) is 14.4. The highest BCUT2D eigenvalue weighted by Crippen LogP contribution is 2.31. The summed E-state index contributed by atoms with van der Waals surface area (Å²) in [6.07, 6.45) is -0.180. The number of hydrogen-bond donors (Lipinski definition) is 1. The summed E-state index contributed by atoms with van der Waals surface area (Å²) in [5.41, 5.74) is 1.18. The Hall–Kier alpha value is -2.24. The molecule has 0 aliphatic carbocycles. The number of benzene rings is 2. The molecular weight excluding hydrogens is 292 g/mol. The van der Waals surface area contributed by atoms with Gasteiger partial charge in [0.1, 0.15) is 0 Å². The van der Waals surface area contributed by atoms with Crippen LogP contribution in [0.4, 0.5) is 0 Å². The number of nitrogens with zero attached hydrogens (tertiary/aromatic N) is 1. The first-order valence-electron chi connectivity index (χ1n) is 7.90. The van der Waals surface area contributed by atoms with Crippen LogP contribution in [0.1, 0.15) is 27.6 Å². The molecule has 2 amide bonds. The molecule has 2 aliphatic rings. The lowest BCUT2D eigenvalue weighted by Gasteiger charge is -2.37. The molecule has 5 nitrogen and oxygen atoms in total. The van der Waals surface area contributed by atoms with Gasteiger partial charge in [0.05, 0.1) is 18.8 Å². The second kappa shape index (κ2) is 5.44. The lowest BCUT2D eigenvalue weighted by atomic mass is 9.92. The molecule has 0 spiro atoms. The molecule has 2 aromatic carbocycles. The van der Waals surface area contributed by atoms with Crippen LogP contribution in [0.3, 0.4) is 0 Å². The van der Waals surface area contributed by atoms with E-state index in [0.717, 1.165) is 17.3 Å². The minimum atomic E-state index is -0.314. The summed E-state index contributed by atoms with van der Waals surface area (Å²) >= 11 is 0. The van der Waals surface area contributed by atoms with E-state index in [1.165, 1.54) is 4.90 Å². The van der Waals surface area contributed by atoms with E-state index in [1.54, 1.807) is 12.1 Å². The quantitative estimate of drug-likeness (QED) is 0.860. The van der Waals surface area contributed by atoms with Crippen molar-refractivity contribution < 1.29 is 14.3 Å². The predicted octanol–water partition coefficient (Wildman–Crippen LogP) is 1.81. The third-order valence-electron chi connectivity index (χ3n) is 4.70. The molecule has 2 heterocycles. The van der Waals surface area contributed by atoms with Gasteiger partial charge in [0.25, 0.3) is 11.8 Å². The van der Waals surface area contributed by atoms with Gasteiger partial charge in [-0.2, -0.15) is 0 Å². The van der Waals surface area contributed by atoms with Crippen LogP contribution >= 0.6 is 0 Å². The zero-order valence-corrected chi connectivity index (χ0v) is 12.9. The third kappa shape index (κ3) is 2.16. The molecule has 23 heavy (non-hydrogen) atoms. The molecule has 4 rings (SSSR count). The van der Waals surface area contributed by atoms with Crippen molar-refractivity contribution >= 4 is 22.6 Å². The molecule has 118 valence electrons. The van der Waals surface area contributed by atoms with Crippen LogP contribution in [-0.4, -0.2) is 48.6 Å². The van der Waals surface area contributed by atoms with E-state index in [9.17, 15) is 9.59 Å². The van der Waals surface area contributed by atoms with Crippen molar-refractivity contribution in [1.29, 1.82) is 0 Å². The normalized spacial score (nSPS) is 22.5. The van der Waals surface area contributed by atoms with E-state index in [-0.39, 0.29) is 24.0 Å². The molecule has 5 heteroatoms. The highest BCUT2D eigenvalue weighted by atomic mass is 16.5. The van der Waals surface area contributed by atoms with E-state index < -0.39 is 0 Å². The fraction of sp³-hybridized carbons (Fsp3) is 0.333. The van der Waals surface area contributed by atoms with E-state index in [0.29, 0.717) is 24.3 Å². The molecule has 0 saturated carbocycles. The summed E-state index contributed by atoms with van der Waals surface area (Å²) in [6.45, 7) is 3.91. The number of nitrogens with one attached hydrogen (secondary N) is 1. The standard InChI is InChI=1S/C18H18N2O3/c1-11(15-10-19-8-9-23-15)20-17(21)13-6-2-4-12-5-3-7-14(16(12)13)18(20)22/h2-7,11,15,19H,8-10H2,1H3. The Morgan fingerprint density at radius 1 is 1.13 bits per heavy atom. The molecule has 2 aliphatic heterocycles. The summed E-state index contributed by atoms with van der Waals surface area (Å²) < 4.78 is 5.74. The van der Waals surface area contributed by atoms with Gasteiger partial charge in [-0.1, -0.05) is 24.3 Å². The Kier molecular flexibility index (Phi) is 3.39. The lowest BCUT2D eigenvalue weighted by molar-refractivity contribution is -0.0178. The van der Waals surface area contributed by atoms with Crippen molar-refractivity contribution in [2.75, 3.05) is 19.7 Å². The maximum atomic E-state index is 12.9. The smallest absolute Gasteiger partial charge is 0.261 e. The minimum Gasteiger partial charge on any atom is -0.373 e. The maximum Gasteiger partial charge on any atom is 0.261 e. The summed E-state index contributed by atoms with van der Waals surface area (Å²) in [4.78, 5) is 27.2. The highest BCUT2D eigenvalue weighted by Gasteiger charge is 2.39. The van der Waals surface area contributed by atoms with E-state index in [2.05, 4.69) is 5.32 Å². The second-order valence-corrected chi connectivity index (χ2v) is 6.04. The van der Waals surface area contributed by atoms with Crippen LogP contribution in [0.5, 0.6) is 0 Å². The molecule has 0 radical (unpaired) electrons. The van der Waals surface area contributed by atoms with Crippen molar-refractivity contribution in [2.45, 2.75) is 19.1 Å². The molecule has 2 aromatic rings. The molecule has 2 unspecified atom stereocenters. The number of imide groups is 1. The lowest BCUT2D eigenvalue weighted by Crippen LogP contribution is -2.55. The Balaban J connectivity index is 1.79. The van der Waals surface area contributed by atoms with Gasteiger partial charge in [-0.25, -0.2) is 0 Å². The number of amides is 2. The fourth-order valence-corrected chi connectivity index (χ4v) is 3.48. The maximum absolute atomic E-state index is 12.9. The van der Waals surface area contributed by atoms with Gasteiger partial charge in [0, 0.05) is 29.6 Å². The number of hydrogen-bond acceptors (Lipinski definition) is 4. The van der Waals surface area contributed by atoms with Crippen LogP contribution in [0, 0.1) is 0 Å². The largest absolute Gasteiger partial charge is 0.373 e. The average Bonchev–Trinajstić information content (AvgIpc) is 2.60. The fourth-order valence-electron chi connectivity index (χ4n) is 3.48. The van der Waals surface area contributed by atoms with Crippen molar-refractivity contribution in [1.82, 2.24) is 10.2 Å². The summed E-state index contributed by atoms with van der Waals surface area (Å²) in [5.74, 6) is -0.470. The van der Waals surface area contributed by atoms with Crippen molar-refractivity contribution in [3.05, 3.63) is 47.5 Å². The monoisotopic (exact) mass is 310 g/mol. The zero-order chi connectivity index (χ0) is 16.0. The number of carbonyl (C=O) groups is 2. The van der Waals surface area contributed by atoms with Crippen molar-refractivity contribution in [3.8, 4) is 0 Å². The van der Waals surface area contributed by atoms with E-state index >= 15 is 0 Å². The second-order valence-electron chi connectivity index (χ2n) is 6.04. The van der Waals surface area contributed by atoms with E-state index in [1.807, 2.05) is 31.2 Å². The Labute approximate surface area is 134 Å². The first-order valence-corrected chi connectivity index (χ1v) is 7.90. The van der Waals surface area contributed by atoms with Crippen LogP contribution in [0.15, 0.2) is 36.4 Å². The Morgan fingerprint density at radius 2 is 1.78 bits per heavy atom. The minimum absolute atomic E-state index is 0.180. The summed E-state index contributed by atoms with van der Waals surface area (Å²) in [6, 6.07) is 10.8. The molecule has 0 aromatic heterocycles. The number of carbonyl (C=O) groups excluding carboxylic acids is 2. The van der Waals surface area contributed by atoms with Gasteiger partial charge < -0.3 is 10.1 Å². The van der Waals surface area contributed by atoms with Gasteiger partial charge in [-0.3, -0.25) is 14.5 Å². The van der Waals surface area contributed by atoms with Crippen LogP contribution < -0.4 is 5.32 Å². The van der Waals surface area contributed by atoms with Gasteiger partial charge in [0.2, 0.25) is 0 Å². The van der Waals surface area contributed by atoms with Crippen molar-refractivity contribution in [2.24, 2.45) is 0 Å². The average molecular weight is 310 g/mol. The molecule has 2 atom stereocenters. The van der Waals surface area contributed by atoms with Gasteiger partial charge in [-0.15, -0.1) is 0 Å². The number of ether oxygens (including phenoxy) is 1. The number of rotatable bonds is 2. The highest BCUT2D eigenvalue weighted by molar-refractivity contribution is 6.25. The third-order valence-corrected chi connectivity index (χ3v) is 4.70. The zero-order valence-electron chi connectivity index (χ0n) is 12.9. The summed E-state index contributed by atoms with van der Waals surface area (Å²) in [5, 5.41) is 4.93. The van der Waals surface area contributed by atoms with Crippen LogP contribution in [0.2, 0.25) is 0 Å². The van der Waals surface area contributed by atoms with Crippen LogP contribution in [0.25, 0.3) is 10.8 Å². The van der Waals surface area contributed by atoms with Gasteiger partial charge in [0.15, 0.2) is 0 Å². The molecule has 0 bridgehead atoms. The van der Waals surface area contributed by atoms with Gasteiger partial charge in [-0.05, 0) is 24.4 Å². The Morgan fingerprint density at radius 3 is 2.35 bits per heavy atom. The Bertz CT molecular complexity index is 745. The van der Waals surface area contributed by atoms with E-state index in [4.69, 9.17) is 4.74 Å². The topological polar surface area (TPSA) is 58.6 Å². The summed E-state index contributed by atoms with van der Waals surface area (Å²) in [7, 11) is 0. The van der Waals surface area contributed by atoms with Gasteiger partial charge >= 0.3 is 0 Å². The van der Waals surface area contributed by atoms with Crippen molar-refractivity contribution in [3.63, 3.8) is 0 Å². The molecular formula is C18H18N2O3. The molecule has 1 saturated heterocycles. The molecule has 1 N–H and O–H groups in total.